The van der Waals surface area contributed by atoms with E-state index in [1.165, 1.54) is 17.8 Å². The highest BCUT2D eigenvalue weighted by Crippen LogP contribution is 2.29. The summed E-state index contributed by atoms with van der Waals surface area (Å²) in [4.78, 5) is 12.4. The van der Waals surface area contributed by atoms with E-state index < -0.39 is 11.9 Å². The van der Waals surface area contributed by atoms with Gasteiger partial charge < -0.3 is 14.6 Å². The number of benzene rings is 2. The van der Waals surface area contributed by atoms with Gasteiger partial charge in [-0.15, -0.1) is 10.2 Å². The molecule has 1 unspecified atom stereocenters. The number of anilines is 1. The van der Waals surface area contributed by atoms with Gasteiger partial charge in [0.25, 0.3) is 0 Å². The fourth-order valence-corrected chi connectivity index (χ4v) is 4.14. The number of hydrogen-bond donors (Lipinski definition) is 1. The first-order valence-corrected chi connectivity index (χ1v) is 11.7. The molecule has 1 heterocycles. The van der Waals surface area contributed by atoms with Crippen molar-refractivity contribution in [1.29, 1.82) is 0 Å². The second-order valence-electron chi connectivity index (χ2n) is 6.96. The summed E-state index contributed by atoms with van der Waals surface area (Å²) in [7, 11) is 0. The van der Waals surface area contributed by atoms with Crippen LogP contribution in [0.25, 0.3) is 0 Å². The lowest BCUT2D eigenvalue weighted by atomic mass is 10.3. The van der Waals surface area contributed by atoms with Crippen LogP contribution in [0, 0.1) is 5.82 Å². The van der Waals surface area contributed by atoms with E-state index in [0.717, 1.165) is 4.47 Å². The predicted octanol–water partition coefficient (Wildman–Crippen LogP) is 6.28. The Kier molecular flexibility index (Phi) is 7.96. The molecule has 2 aromatic carbocycles. The molecule has 0 fully saturated rings. The number of para-hydroxylation sites is 1. The first-order chi connectivity index (χ1) is 14.8. The lowest BCUT2D eigenvalue weighted by Gasteiger charge is -2.19. The van der Waals surface area contributed by atoms with Crippen LogP contribution in [-0.4, -0.2) is 26.4 Å². The Balaban J connectivity index is 1.69. The number of nitrogens with zero attached hydrogens (tertiary/aromatic N) is 3. The average molecular weight is 528 g/mol. The number of carbonyl (C=O) groups excluding carboxylic acids is 1. The van der Waals surface area contributed by atoms with Gasteiger partial charge in [0, 0.05) is 16.2 Å². The number of aromatic nitrogens is 3. The zero-order valence-electron chi connectivity index (χ0n) is 17.1. The van der Waals surface area contributed by atoms with Crippen molar-refractivity contribution in [2.45, 2.75) is 38.1 Å². The van der Waals surface area contributed by atoms with E-state index in [2.05, 4.69) is 31.4 Å². The van der Waals surface area contributed by atoms with Crippen LogP contribution in [0.5, 0.6) is 5.75 Å². The maximum atomic E-state index is 13.9. The van der Waals surface area contributed by atoms with Crippen molar-refractivity contribution in [3.05, 3.63) is 63.6 Å². The fourth-order valence-electron chi connectivity index (χ4n) is 2.83. The third kappa shape index (κ3) is 5.99. The molecule has 164 valence electrons. The van der Waals surface area contributed by atoms with E-state index in [1.54, 1.807) is 43.3 Å². The molecule has 0 radical (unpaired) electrons. The Morgan fingerprint density at radius 3 is 2.68 bits per heavy atom. The average Bonchev–Trinajstić information content (AvgIpc) is 3.15. The van der Waals surface area contributed by atoms with Gasteiger partial charge >= 0.3 is 0 Å². The van der Waals surface area contributed by atoms with Crippen molar-refractivity contribution < 1.29 is 13.9 Å². The molecule has 1 amide bonds. The molecule has 31 heavy (non-hydrogen) atoms. The van der Waals surface area contributed by atoms with E-state index in [-0.39, 0.29) is 23.5 Å². The first kappa shape index (κ1) is 23.6. The second-order valence-corrected chi connectivity index (χ2v) is 9.16. The summed E-state index contributed by atoms with van der Waals surface area (Å²) >= 11 is 10.6. The first-order valence-electron chi connectivity index (χ1n) is 9.50. The molecule has 0 saturated heterocycles. The molecule has 1 aromatic heterocycles. The Hall–Kier alpha value is -2.10. The quantitative estimate of drug-likeness (QED) is 0.349. The van der Waals surface area contributed by atoms with Crippen molar-refractivity contribution in [3.63, 3.8) is 0 Å². The number of amides is 1. The van der Waals surface area contributed by atoms with Gasteiger partial charge in [-0.3, -0.25) is 4.79 Å². The molecule has 6 nitrogen and oxygen atoms in total. The van der Waals surface area contributed by atoms with Crippen LogP contribution in [-0.2, 0) is 4.79 Å². The van der Waals surface area contributed by atoms with E-state index in [4.69, 9.17) is 16.3 Å². The number of carbonyl (C=O) groups is 1. The van der Waals surface area contributed by atoms with Crippen molar-refractivity contribution >= 4 is 50.9 Å². The van der Waals surface area contributed by atoms with Crippen molar-refractivity contribution in [1.82, 2.24) is 14.8 Å². The van der Waals surface area contributed by atoms with Crippen molar-refractivity contribution in [2.75, 3.05) is 11.1 Å². The van der Waals surface area contributed by atoms with Crippen molar-refractivity contribution in [2.24, 2.45) is 0 Å². The second kappa shape index (κ2) is 10.5. The number of rotatable bonds is 8. The number of ether oxygens (including phenoxy) is 1. The van der Waals surface area contributed by atoms with Crippen molar-refractivity contribution in [3.8, 4) is 5.75 Å². The highest BCUT2D eigenvalue weighted by molar-refractivity contribution is 9.10. The van der Waals surface area contributed by atoms with Gasteiger partial charge in [0.15, 0.2) is 28.7 Å². The molecule has 1 atom stereocenters. The Morgan fingerprint density at radius 2 is 2.00 bits per heavy atom. The third-order valence-electron chi connectivity index (χ3n) is 4.25. The minimum Gasteiger partial charge on any atom is -0.480 e. The monoisotopic (exact) mass is 526 g/mol. The zero-order chi connectivity index (χ0) is 22.5. The van der Waals surface area contributed by atoms with Crippen LogP contribution in [0.4, 0.5) is 10.1 Å². The topological polar surface area (TPSA) is 69.0 Å². The van der Waals surface area contributed by atoms with E-state index in [9.17, 15) is 9.18 Å². The van der Waals surface area contributed by atoms with Gasteiger partial charge in [-0.05, 0) is 67.0 Å². The standard InChI is InChI=1S/C21H21BrClFN4O2S/c1-12(2)28-20(13(3)30-18-7-5-4-6-17(18)24)26-27-21(28)31-11-19(29)25-14-8-9-15(22)16(23)10-14/h4-10,12-13H,11H2,1-3H3,(H,25,29). The molecular formula is C21H21BrClFN4O2S. The predicted molar refractivity (Wildman–Crippen MR) is 124 cm³/mol. The number of nitrogens with one attached hydrogen (secondary N) is 1. The molecule has 0 aliphatic carbocycles. The summed E-state index contributed by atoms with van der Waals surface area (Å²) < 4.78 is 22.3. The van der Waals surface area contributed by atoms with Gasteiger partial charge in [-0.1, -0.05) is 35.5 Å². The van der Waals surface area contributed by atoms with Crippen LogP contribution < -0.4 is 10.1 Å². The molecule has 1 N–H and O–H groups in total. The van der Waals surface area contributed by atoms with Gasteiger partial charge in [0.05, 0.1) is 10.8 Å². The Labute approximate surface area is 197 Å². The Morgan fingerprint density at radius 1 is 1.26 bits per heavy atom. The smallest absolute Gasteiger partial charge is 0.234 e. The highest BCUT2D eigenvalue weighted by Gasteiger charge is 2.22. The Bertz CT molecular complexity index is 1080. The largest absolute Gasteiger partial charge is 0.480 e. The SMILES string of the molecule is CC(Oc1ccccc1F)c1nnc(SCC(=O)Nc2ccc(Br)c(Cl)c2)n1C(C)C. The number of halogens is 3. The highest BCUT2D eigenvalue weighted by atomic mass is 79.9. The molecule has 0 bridgehead atoms. The van der Waals surface area contributed by atoms with Gasteiger partial charge in [-0.25, -0.2) is 4.39 Å². The molecule has 0 aliphatic heterocycles. The molecule has 10 heteroatoms. The zero-order valence-corrected chi connectivity index (χ0v) is 20.3. The minimum atomic E-state index is -0.528. The van der Waals surface area contributed by atoms with Crippen LogP contribution in [0.3, 0.4) is 0 Å². The maximum absolute atomic E-state index is 13.9. The minimum absolute atomic E-state index is 0.0208. The van der Waals surface area contributed by atoms with Crippen LogP contribution in [0.1, 0.15) is 38.7 Å². The van der Waals surface area contributed by atoms with Gasteiger partial charge in [-0.2, -0.15) is 0 Å². The fraction of sp³-hybridized carbons (Fsp3) is 0.286. The lowest BCUT2D eigenvalue weighted by Crippen LogP contribution is -2.16. The summed E-state index contributed by atoms with van der Waals surface area (Å²) in [5.41, 5.74) is 0.608. The maximum Gasteiger partial charge on any atom is 0.234 e. The molecule has 0 saturated carbocycles. The number of thioether (sulfide) groups is 1. The molecule has 0 spiro atoms. The van der Waals surface area contributed by atoms with Crippen LogP contribution >= 0.6 is 39.3 Å². The lowest BCUT2D eigenvalue weighted by molar-refractivity contribution is -0.113. The van der Waals surface area contributed by atoms with E-state index in [1.807, 2.05) is 18.4 Å². The molecule has 0 aliphatic rings. The van der Waals surface area contributed by atoms with E-state index in [0.29, 0.717) is 21.7 Å². The summed E-state index contributed by atoms with van der Waals surface area (Å²) in [6, 6.07) is 11.4. The summed E-state index contributed by atoms with van der Waals surface area (Å²) in [6.45, 7) is 5.75. The molecule has 3 aromatic rings. The molecule has 3 rings (SSSR count). The normalized spacial score (nSPS) is 12.1. The van der Waals surface area contributed by atoms with Crippen LogP contribution in [0.15, 0.2) is 52.1 Å². The summed E-state index contributed by atoms with van der Waals surface area (Å²) in [6.07, 6.45) is -0.528. The van der Waals surface area contributed by atoms with Gasteiger partial charge in [0.2, 0.25) is 5.91 Å². The van der Waals surface area contributed by atoms with Crippen LogP contribution in [0.2, 0.25) is 5.02 Å². The summed E-state index contributed by atoms with van der Waals surface area (Å²) in [5, 5.41) is 12.4. The summed E-state index contributed by atoms with van der Waals surface area (Å²) in [5.74, 6) is 0.209. The molecular weight excluding hydrogens is 507 g/mol. The number of hydrogen-bond acceptors (Lipinski definition) is 5. The van der Waals surface area contributed by atoms with Gasteiger partial charge in [0.1, 0.15) is 0 Å². The van der Waals surface area contributed by atoms with E-state index >= 15 is 0 Å². The third-order valence-corrected chi connectivity index (χ3v) is 6.42.